The van der Waals surface area contributed by atoms with Gasteiger partial charge in [-0.25, -0.2) is 4.98 Å². The van der Waals surface area contributed by atoms with E-state index < -0.39 is 23.8 Å². The lowest BCUT2D eigenvalue weighted by atomic mass is 10.1. The van der Waals surface area contributed by atoms with Crippen LogP contribution in [-0.2, 0) is 29.2 Å². The standard InChI is InChI=1S/C22H20F3N5O3/c1-30-18-6-3-13(9-17(18)29-21(30)22(23,24)25)28-20(32)19(31)26-8-7-12-11-27-16-5-4-14(33-2)10-15(12)16/h3-6,9-11,27H,7-8H2,1-2H3,(H,26,31)(H,28,32). The lowest BCUT2D eigenvalue weighted by Crippen LogP contribution is -2.36. The Hall–Kier alpha value is -4.02. The highest BCUT2D eigenvalue weighted by atomic mass is 19.4. The molecule has 2 amide bonds. The summed E-state index contributed by atoms with van der Waals surface area (Å²) >= 11 is 0. The molecule has 2 aromatic heterocycles. The fraction of sp³-hybridized carbons (Fsp3) is 0.227. The van der Waals surface area contributed by atoms with Gasteiger partial charge >= 0.3 is 18.0 Å². The van der Waals surface area contributed by atoms with Crippen molar-refractivity contribution in [2.75, 3.05) is 19.0 Å². The topological polar surface area (TPSA) is 101 Å². The number of rotatable bonds is 5. The molecule has 11 heteroatoms. The maximum atomic E-state index is 13.0. The van der Waals surface area contributed by atoms with Crippen LogP contribution in [0.3, 0.4) is 0 Å². The Bertz CT molecular complexity index is 1360. The van der Waals surface area contributed by atoms with Crippen molar-refractivity contribution in [1.29, 1.82) is 0 Å². The van der Waals surface area contributed by atoms with E-state index in [2.05, 4.69) is 20.6 Å². The van der Waals surface area contributed by atoms with Gasteiger partial charge in [0.1, 0.15) is 5.75 Å². The fourth-order valence-corrected chi connectivity index (χ4v) is 3.60. The number of H-pyrrole nitrogens is 1. The highest BCUT2D eigenvalue weighted by Gasteiger charge is 2.36. The van der Waals surface area contributed by atoms with Crippen molar-refractivity contribution < 1.29 is 27.5 Å². The molecule has 0 atom stereocenters. The molecule has 172 valence electrons. The Morgan fingerprint density at radius 3 is 2.67 bits per heavy atom. The number of hydrogen-bond acceptors (Lipinski definition) is 4. The van der Waals surface area contributed by atoms with Gasteiger partial charge in [-0.05, 0) is 48.4 Å². The van der Waals surface area contributed by atoms with E-state index in [0.29, 0.717) is 12.2 Å². The number of fused-ring (bicyclic) bond motifs is 2. The number of ether oxygens (including phenoxy) is 1. The molecule has 0 spiro atoms. The van der Waals surface area contributed by atoms with Gasteiger partial charge in [-0.15, -0.1) is 0 Å². The number of anilines is 1. The molecule has 33 heavy (non-hydrogen) atoms. The summed E-state index contributed by atoms with van der Waals surface area (Å²) in [7, 11) is 2.83. The molecule has 0 unspecified atom stereocenters. The molecule has 0 bridgehead atoms. The van der Waals surface area contributed by atoms with E-state index in [1.165, 1.54) is 25.2 Å². The van der Waals surface area contributed by atoms with Gasteiger partial charge in [0.05, 0.1) is 18.1 Å². The zero-order valence-electron chi connectivity index (χ0n) is 17.7. The summed E-state index contributed by atoms with van der Waals surface area (Å²) < 4.78 is 45.3. The molecule has 4 aromatic rings. The second kappa shape index (κ2) is 8.49. The Balaban J connectivity index is 1.38. The van der Waals surface area contributed by atoms with Gasteiger partial charge in [-0.1, -0.05) is 0 Å². The van der Waals surface area contributed by atoms with E-state index in [0.717, 1.165) is 21.0 Å². The first-order chi connectivity index (χ1) is 15.7. The monoisotopic (exact) mass is 459 g/mol. The Morgan fingerprint density at radius 2 is 1.94 bits per heavy atom. The van der Waals surface area contributed by atoms with Gasteiger partial charge < -0.3 is 24.9 Å². The number of aromatic nitrogens is 3. The molecule has 0 aliphatic carbocycles. The maximum absolute atomic E-state index is 13.0. The lowest BCUT2D eigenvalue weighted by Gasteiger charge is -2.07. The van der Waals surface area contributed by atoms with Crippen LogP contribution in [-0.4, -0.2) is 40.0 Å². The van der Waals surface area contributed by atoms with Crippen molar-refractivity contribution in [2.24, 2.45) is 7.05 Å². The second-order valence-electron chi connectivity index (χ2n) is 7.38. The molecule has 8 nitrogen and oxygen atoms in total. The number of nitrogens with zero attached hydrogens (tertiary/aromatic N) is 2. The summed E-state index contributed by atoms with van der Waals surface area (Å²) in [6.07, 6.45) is -2.30. The summed E-state index contributed by atoms with van der Waals surface area (Å²) in [5.41, 5.74) is 2.34. The van der Waals surface area contributed by atoms with Gasteiger partial charge in [-0.3, -0.25) is 9.59 Å². The largest absolute Gasteiger partial charge is 0.497 e. The van der Waals surface area contributed by atoms with Crippen molar-refractivity contribution in [3.05, 3.63) is 54.0 Å². The van der Waals surface area contributed by atoms with Gasteiger partial charge in [0.2, 0.25) is 5.82 Å². The van der Waals surface area contributed by atoms with E-state index in [1.54, 1.807) is 7.11 Å². The van der Waals surface area contributed by atoms with Gasteiger partial charge in [0.25, 0.3) is 0 Å². The predicted molar refractivity (Wildman–Crippen MR) is 116 cm³/mol. The number of amides is 2. The molecule has 2 heterocycles. The molecule has 0 fully saturated rings. The molecule has 0 radical (unpaired) electrons. The Labute approximate surface area is 185 Å². The predicted octanol–water partition coefficient (Wildman–Crippen LogP) is 3.38. The van der Waals surface area contributed by atoms with Crippen LogP contribution in [0.2, 0.25) is 0 Å². The number of aromatic amines is 1. The quantitative estimate of drug-likeness (QED) is 0.399. The van der Waals surface area contributed by atoms with E-state index >= 15 is 0 Å². The van der Waals surface area contributed by atoms with Gasteiger partial charge in [0.15, 0.2) is 0 Å². The summed E-state index contributed by atoms with van der Waals surface area (Å²) in [4.78, 5) is 31.1. The number of benzene rings is 2. The van der Waals surface area contributed by atoms with Crippen molar-refractivity contribution in [1.82, 2.24) is 19.9 Å². The van der Waals surface area contributed by atoms with Crippen molar-refractivity contribution >= 4 is 39.4 Å². The van der Waals surface area contributed by atoms with Crippen molar-refractivity contribution in [3.63, 3.8) is 0 Å². The highest BCUT2D eigenvalue weighted by molar-refractivity contribution is 6.39. The SMILES string of the molecule is COc1ccc2[nH]cc(CCNC(=O)C(=O)Nc3ccc4c(c3)nc(C(F)(F)F)n4C)c2c1. The minimum atomic E-state index is -4.60. The molecule has 3 N–H and O–H groups in total. The number of halogens is 3. The molecule has 0 aliphatic rings. The molecule has 0 saturated heterocycles. The smallest absolute Gasteiger partial charge is 0.449 e. The van der Waals surface area contributed by atoms with E-state index in [4.69, 9.17) is 4.74 Å². The van der Waals surface area contributed by atoms with Gasteiger partial charge in [0, 0.05) is 36.4 Å². The molecule has 4 rings (SSSR count). The summed E-state index contributed by atoms with van der Waals surface area (Å²) in [5.74, 6) is -2.13. The van der Waals surface area contributed by atoms with Crippen LogP contribution in [0.4, 0.5) is 18.9 Å². The highest BCUT2D eigenvalue weighted by Crippen LogP contribution is 2.31. The third kappa shape index (κ3) is 4.47. The number of carbonyl (C=O) groups excluding carboxylic acids is 2. The fourth-order valence-electron chi connectivity index (χ4n) is 3.60. The first-order valence-corrected chi connectivity index (χ1v) is 9.94. The number of imidazole rings is 1. The molecular weight excluding hydrogens is 439 g/mol. The van der Waals surface area contributed by atoms with Crippen LogP contribution in [0.5, 0.6) is 5.75 Å². The minimum absolute atomic E-state index is 0.0535. The zero-order valence-corrected chi connectivity index (χ0v) is 17.7. The number of methoxy groups -OCH3 is 1. The van der Waals surface area contributed by atoms with Crippen LogP contribution < -0.4 is 15.4 Å². The maximum Gasteiger partial charge on any atom is 0.449 e. The number of aryl methyl sites for hydroxylation is 1. The molecule has 2 aromatic carbocycles. The van der Waals surface area contributed by atoms with Crippen LogP contribution in [0.1, 0.15) is 11.4 Å². The van der Waals surface area contributed by atoms with E-state index in [-0.39, 0.29) is 23.3 Å². The molecule has 0 aliphatic heterocycles. The third-order valence-electron chi connectivity index (χ3n) is 5.25. The number of carbonyl (C=O) groups is 2. The summed E-state index contributed by atoms with van der Waals surface area (Å²) in [5, 5.41) is 5.88. The normalized spacial score (nSPS) is 11.7. The van der Waals surface area contributed by atoms with Crippen LogP contribution >= 0.6 is 0 Å². The average Bonchev–Trinajstić information content (AvgIpc) is 3.33. The van der Waals surface area contributed by atoms with E-state index in [9.17, 15) is 22.8 Å². The second-order valence-corrected chi connectivity index (χ2v) is 7.38. The molecular formula is C22H20F3N5O3. The Morgan fingerprint density at radius 1 is 1.15 bits per heavy atom. The number of hydrogen-bond donors (Lipinski definition) is 3. The van der Waals surface area contributed by atoms with Crippen LogP contribution in [0.15, 0.2) is 42.6 Å². The zero-order chi connectivity index (χ0) is 23.8. The van der Waals surface area contributed by atoms with Crippen molar-refractivity contribution in [2.45, 2.75) is 12.6 Å². The third-order valence-corrected chi connectivity index (χ3v) is 5.25. The van der Waals surface area contributed by atoms with E-state index in [1.807, 2.05) is 24.4 Å². The first-order valence-electron chi connectivity index (χ1n) is 9.94. The van der Waals surface area contributed by atoms with Crippen molar-refractivity contribution in [3.8, 4) is 5.75 Å². The first kappa shape index (κ1) is 22.2. The van der Waals surface area contributed by atoms with Crippen LogP contribution in [0, 0.1) is 0 Å². The molecule has 0 saturated carbocycles. The van der Waals surface area contributed by atoms with Crippen LogP contribution in [0.25, 0.3) is 21.9 Å². The number of nitrogens with one attached hydrogen (secondary N) is 3. The Kier molecular flexibility index (Phi) is 5.71. The summed E-state index contributed by atoms with van der Waals surface area (Å²) in [6, 6.07) is 9.70. The van der Waals surface area contributed by atoms with Gasteiger partial charge in [-0.2, -0.15) is 13.2 Å². The lowest BCUT2D eigenvalue weighted by molar-refractivity contribution is -0.146. The number of alkyl halides is 3. The summed E-state index contributed by atoms with van der Waals surface area (Å²) in [6.45, 7) is 0.213. The average molecular weight is 459 g/mol. The minimum Gasteiger partial charge on any atom is -0.497 e.